The molecule has 2 N–H and O–H groups in total. The number of thiazole rings is 2. The summed E-state index contributed by atoms with van der Waals surface area (Å²) in [5.74, 6) is 0. The first kappa shape index (κ1) is 10.7. The molecule has 0 saturated heterocycles. The molecule has 0 radical (unpaired) electrons. The quantitative estimate of drug-likeness (QED) is 0.895. The summed E-state index contributed by atoms with van der Waals surface area (Å²) in [6.45, 7) is 4.00. The first-order valence-electron chi connectivity index (χ1n) is 4.73. The number of nitrogens with zero attached hydrogens (tertiary/aromatic N) is 2. The highest BCUT2D eigenvalue weighted by molar-refractivity contribution is 7.10. The lowest BCUT2D eigenvalue weighted by Gasteiger charge is -2.07. The van der Waals surface area contributed by atoms with Gasteiger partial charge in [-0.05, 0) is 13.8 Å². The van der Waals surface area contributed by atoms with Crippen LogP contribution < -0.4 is 5.73 Å². The number of hydrogen-bond donors (Lipinski definition) is 1. The smallest absolute Gasteiger partial charge is 0.0947 e. The minimum Gasteiger partial charge on any atom is -0.323 e. The maximum absolute atomic E-state index is 6.12. The highest BCUT2D eigenvalue weighted by Gasteiger charge is 2.13. The monoisotopic (exact) mass is 239 g/mol. The summed E-state index contributed by atoms with van der Waals surface area (Å²) < 4.78 is 0. The Morgan fingerprint density at radius 3 is 2.73 bits per heavy atom. The molecule has 0 aliphatic rings. The molecular weight excluding hydrogens is 226 g/mol. The zero-order chi connectivity index (χ0) is 10.8. The summed E-state index contributed by atoms with van der Waals surface area (Å²) in [7, 11) is 0. The van der Waals surface area contributed by atoms with Gasteiger partial charge in [-0.1, -0.05) is 0 Å². The lowest BCUT2D eigenvalue weighted by Crippen LogP contribution is -2.12. The van der Waals surface area contributed by atoms with Crippen molar-refractivity contribution in [3.05, 3.63) is 32.2 Å². The van der Waals surface area contributed by atoms with E-state index >= 15 is 0 Å². The van der Waals surface area contributed by atoms with Gasteiger partial charge in [-0.2, -0.15) is 0 Å². The van der Waals surface area contributed by atoms with Crippen molar-refractivity contribution in [3.8, 4) is 0 Å². The molecule has 0 aliphatic carbocycles. The first-order valence-corrected chi connectivity index (χ1v) is 6.49. The van der Waals surface area contributed by atoms with Gasteiger partial charge in [0.25, 0.3) is 0 Å². The third-order valence-electron chi connectivity index (χ3n) is 2.18. The Hall–Kier alpha value is -0.780. The number of aromatic nitrogens is 2. The van der Waals surface area contributed by atoms with E-state index in [1.54, 1.807) is 22.7 Å². The van der Waals surface area contributed by atoms with E-state index in [0.717, 1.165) is 22.8 Å². The van der Waals surface area contributed by atoms with Crippen LogP contribution in [0.5, 0.6) is 0 Å². The van der Waals surface area contributed by atoms with Crippen LogP contribution in [-0.2, 0) is 6.42 Å². The molecule has 2 heterocycles. The van der Waals surface area contributed by atoms with Gasteiger partial charge in [0.15, 0.2) is 0 Å². The molecule has 0 spiro atoms. The topological polar surface area (TPSA) is 51.8 Å². The van der Waals surface area contributed by atoms with Crippen molar-refractivity contribution in [2.24, 2.45) is 5.73 Å². The third-order valence-corrected chi connectivity index (χ3v) is 4.23. The Balaban J connectivity index is 2.10. The molecule has 5 heteroatoms. The maximum Gasteiger partial charge on any atom is 0.0947 e. The Kier molecular flexibility index (Phi) is 3.14. The van der Waals surface area contributed by atoms with Gasteiger partial charge in [-0.15, -0.1) is 22.7 Å². The molecule has 2 aromatic rings. The van der Waals surface area contributed by atoms with Crippen LogP contribution in [0, 0.1) is 13.8 Å². The van der Waals surface area contributed by atoms with Gasteiger partial charge in [-0.25, -0.2) is 9.97 Å². The van der Waals surface area contributed by atoms with E-state index in [-0.39, 0.29) is 6.04 Å². The van der Waals surface area contributed by atoms with Crippen molar-refractivity contribution >= 4 is 22.7 Å². The fourth-order valence-electron chi connectivity index (χ4n) is 1.44. The van der Waals surface area contributed by atoms with E-state index in [1.165, 1.54) is 4.88 Å². The van der Waals surface area contributed by atoms with Gasteiger partial charge in [0.05, 0.1) is 16.2 Å². The molecule has 0 amide bonds. The lowest BCUT2D eigenvalue weighted by atomic mass is 10.1. The average molecular weight is 239 g/mol. The van der Waals surface area contributed by atoms with Crippen molar-refractivity contribution < 1.29 is 0 Å². The molecular formula is C10H13N3S2. The first-order chi connectivity index (χ1) is 7.16. The molecule has 15 heavy (non-hydrogen) atoms. The normalized spacial score (nSPS) is 13.0. The van der Waals surface area contributed by atoms with Crippen LogP contribution >= 0.6 is 22.7 Å². The second-order valence-electron chi connectivity index (χ2n) is 3.50. The molecule has 1 unspecified atom stereocenters. The summed E-state index contributed by atoms with van der Waals surface area (Å²) in [5, 5.41) is 3.16. The number of aryl methyl sites for hydroxylation is 2. The van der Waals surface area contributed by atoms with Crippen LogP contribution in [0.2, 0.25) is 0 Å². The Morgan fingerprint density at radius 1 is 1.40 bits per heavy atom. The van der Waals surface area contributed by atoms with Gasteiger partial charge in [0.1, 0.15) is 0 Å². The molecule has 2 rings (SSSR count). The largest absolute Gasteiger partial charge is 0.323 e. The molecule has 3 nitrogen and oxygen atoms in total. The predicted molar refractivity (Wildman–Crippen MR) is 64.3 cm³/mol. The van der Waals surface area contributed by atoms with Gasteiger partial charge >= 0.3 is 0 Å². The van der Waals surface area contributed by atoms with E-state index in [0.29, 0.717) is 0 Å². The fourth-order valence-corrected chi connectivity index (χ4v) is 3.08. The molecule has 0 bridgehead atoms. The zero-order valence-electron chi connectivity index (χ0n) is 8.73. The second-order valence-corrected chi connectivity index (χ2v) is 5.32. The third kappa shape index (κ3) is 2.42. The second kappa shape index (κ2) is 4.38. The summed E-state index contributed by atoms with van der Waals surface area (Å²) in [5.41, 5.74) is 10.1. The van der Waals surface area contributed by atoms with E-state index in [9.17, 15) is 0 Å². The van der Waals surface area contributed by atoms with Crippen molar-refractivity contribution in [1.29, 1.82) is 0 Å². The average Bonchev–Trinajstić information content (AvgIpc) is 2.75. The standard InChI is InChI=1S/C10H13N3S2/c1-6-4-14-9(13-6)3-8(11)10-7(2)12-5-15-10/h4-5,8H,3,11H2,1-2H3. The summed E-state index contributed by atoms with van der Waals surface area (Å²) in [6.07, 6.45) is 0.807. The van der Waals surface area contributed by atoms with Crippen molar-refractivity contribution in [2.45, 2.75) is 26.3 Å². The molecule has 0 saturated carbocycles. The fraction of sp³-hybridized carbons (Fsp3) is 0.400. The van der Waals surface area contributed by atoms with Crippen LogP contribution in [0.4, 0.5) is 0 Å². The summed E-state index contributed by atoms with van der Waals surface area (Å²) in [6, 6.07) is 0.0306. The van der Waals surface area contributed by atoms with Crippen molar-refractivity contribution in [1.82, 2.24) is 9.97 Å². The van der Waals surface area contributed by atoms with Gasteiger partial charge in [0, 0.05) is 28.4 Å². The number of hydrogen-bond acceptors (Lipinski definition) is 5. The zero-order valence-corrected chi connectivity index (χ0v) is 10.4. The van der Waals surface area contributed by atoms with Crippen molar-refractivity contribution in [3.63, 3.8) is 0 Å². The highest BCUT2D eigenvalue weighted by atomic mass is 32.1. The van der Waals surface area contributed by atoms with Gasteiger partial charge in [0.2, 0.25) is 0 Å². The van der Waals surface area contributed by atoms with E-state index in [1.807, 2.05) is 19.4 Å². The molecule has 0 aliphatic heterocycles. The van der Waals surface area contributed by atoms with Crippen LogP contribution in [0.1, 0.15) is 27.3 Å². The lowest BCUT2D eigenvalue weighted by molar-refractivity contribution is 0.723. The van der Waals surface area contributed by atoms with Crippen LogP contribution in [0.25, 0.3) is 0 Å². The van der Waals surface area contributed by atoms with Crippen LogP contribution in [0.3, 0.4) is 0 Å². The van der Waals surface area contributed by atoms with E-state index < -0.39 is 0 Å². The Morgan fingerprint density at radius 2 is 2.20 bits per heavy atom. The van der Waals surface area contributed by atoms with Gasteiger partial charge in [-0.3, -0.25) is 0 Å². The predicted octanol–water partition coefficient (Wildman–Crippen LogP) is 2.46. The number of rotatable bonds is 3. The Labute approximate surface area is 97.0 Å². The molecule has 1 atom stereocenters. The highest BCUT2D eigenvalue weighted by Crippen LogP contribution is 2.24. The summed E-state index contributed by atoms with van der Waals surface area (Å²) in [4.78, 5) is 9.79. The maximum atomic E-state index is 6.12. The van der Waals surface area contributed by atoms with Gasteiger partial charge < -0.3 is 5.73 Å². The molecule has 0 fully saturated rings. The van der Waals surface area contributed by atoms with E-state index in [2.05, 4.69) is 15.3 Å². The Bertz CT molecular complexity index is 447. The minimum atomic E-state index is 0.0306. The summed E-state index contributed by atoms with van der Waals surface area (Å²) >= 11 is 3.30. The van der Waals surface area contributed by atoms with Crippen LogP contribution in [0.15, 0.2) is 10.9 Å². The molecule has 2 aromatic heterocycles. The SMILES string of the molecule is Cc1csc(CC(N)c2scnc2C)n1. The minimum absolute atomic E-state index is 0.0306. The van der Waals surface area contributed by atoms with Crippen LogP contribution in [-0.4, -0.2) is 9.97 Å². The number of nitrogens with two attached hydrogens (primary N) is 1. The molecule has 80 valence electrons. The van der Waals surface area contributed by atoms with Crippen molar-refractivity contribution in [2.75, 3.05) is 0 Å². The molecule has 0 aromatic carbocycles. The van der Waals surface area contributed by atoms with E-state index in [4.69, 9.17) is 5.73 Å².